The summed E-state index contributed by atoms with van der Waals surface area (Å²) < 4.78 is 0. The van der Waals surface area contributed by atoms with Gasteiger partial charge in [0, 0.05) is 6.07 Å². The molecule has 0 aliphatic rings. The van der Waals surface area contributed by atoms with Crippen molar-refractivity contribution in [3.05, 3.63) is 28.1 Å². The SMILES string of the molecule is CCC(C)C(NC(=O)c1cc([N+](=O)[O-])c[nH]1)C(=O)O. The molecule has 0 fully saturated rings. The Balaban J connectivity index is 2.81. The number of rotatable bonds is 6. The monoisotopic (exact) mass is 269 g/mol. The Morgan fingerprint density at radius 3 is 2.63 bits per heavy atom. The summed E-state index contributed by atoms with van der Waals surface area (Å²) in [4.78, 5) is 35.1. The number of carbonyl (C=O) groups excluding carboxylic acids is 1. The minimum Gasteiger partial charge on any atom is -0.480 e. The lowest BCUT2D eigenvalue weighted by molar-refractivity contribution is -0.384. The summed E-state index contributed by atoms with van der Waals surface area (Å²) in [5.74, 6) is -2.06. The molecule has 0 aliphatic heterocycles. The molecule has 1 aromatic rings. The molecule has 0 saturated heterocycles. The third-order valence-electron chi connectivity index (χ3n) is 2.89. The largest absolute Gasteiger partial charge is 0.480 e. The molecule has 1 amide bonds. The lowest BCUT2D eigenvalue weighted by atomic mass is 9.99. The fourth-order valence-electron chi connectivity index (χ4n) is 1.52. The average molecular weight is 269 g/mol. The van der Waals surface area contributed by atoms with E-state index in [2.05, 4.69) is 10.3 Å². The van der Waals surface area contributed by atoms with Crippen LogP contribution in [0.2, 0.25) is 0 Å². The number of hydrogen-bond acceptors (Lipinski definition) is 4. The van der Waals surface area contributed by atoms with Crippen LogP contribution >= 0.6 is 0 Å². The number of carboxylic acids is 1. The van der Waals surface area contributed by atoms with Gasteiger partial charge in [0.05, 0.1) is 11.1 Å². The summed E-state index contributed by atoms with van der Waals surface area (Å²) in [7, 11) is 0. The van der Waals surface area contributed by atoms with Crippen LogP contribution in [0.25, 0.3) is 0 Å². The van der Waals surface area contributed by atoms with E-state index < -0.39 is 22.8 Å². The molecule has 3 N–H and O–H groups in total. The molecule has 2 unspecified atom stereocenters. The normalized spacial score (nSPS) is 13.6. The molecular weight excluding hydrogens is 254 g/mol. The minimum atomic E-state index is -1.14. The molecule has 0 bridgehead atoms. The molecule has 0 aromatic carbocycles. The molecule has 0 aliphatic carbocycles. The van der Waals surface area contributed by atoms with Crippen LogP contribution in [-0.2, 0) is 4.79 Å². The van der Waals surface area contributed by atoms with Gasteiger partial charge in [0.2, 0.25) is 0 Å². The van der Waals surface area contributed by atoms with E-state index >= 15 is 0 Å². The summed E-state index contributed by atoms with van der Waals surface area (Å²) in [5, 5.41) is 21.9. The van der Waals surface area contributed by atoms with Crippen molar-refractivity contribution in [3.63, 3.8) is 0 Å². The molecule has 1 aromatic heterocycles. The number of nitrogens with one attached hydrogen (secondary N) is 2. The Bertz CT molecular complexity index is 496. The van der Waals surface area contributed by atoms with E-state index in [1.54, 1.807) is 6.92 Å². The molecule has 19 heavy (non-hydrogen) atoms. The first-order valence-electron chi connectivity index (χ1n) is 5.73. The minimum absolute atomic E-state index is 0.0405. The average Bonchev–Trinajstić information content (AvgIpc) is 2.84. The second-order valence-corrected chi connectivity index (χ2v) is 4.20. The van der Waals surface area contributed by atoms with E-state index in [-0.39, 0.29) is 17.3 Å². The maximum atomic E-state index is 11.8. The molecule has 8 nitrogen and oxygen atoms in total. The number of aromatic nitrogens is 1. The quantitative estimate of drug-likeness (QED) is 0.527. The summed E-state index contributed by atoms with van der Waals surface area (Å²) in [6, 6.07) is 0.0325. The third kappa shape index (κ3) is 3.54. The Labute approximate surface area is 109 Å². The number of H-pyrrole nitrogens is 1. The van der Waals surface area contributed by atoms with Gasteiger partial charge in [-0.1, -0.05) is 20.3 Å². The Hall–Kier alpha value is -2.38. The summed E-state index contributed by atoms with van der Waals surface area (Å²) >= 11 is 0. The second kappa shape index (κ2) is 5.98. The highest BCUT2D eigenvalue weighted by atomic mass is 16.6. The maximum absolute atomic E-state index is 11.8. The predicted molar refractivity (Wildman–Crippen MR) is 65.8 cm³/mol. The highest BCUT2D eigenvalue weighted by Gasteiger charge is 2.26. The number of nitro groups is 1. The first kappa shape index (κ1) is 14.7. The van der Waals surface area contributed by atoms with Crippen molar-refractivity contribution in [1.82, 2.24) is 10.3 Å². The van der Waals surface area contributed by atoms with Crippen LogP contribution < -0.4 is 5.32 Å². The molecule has 1 rings (SSSR count). The molecule has 1 heterocycles. The zero-order valence-corrected chi connectivity index (χ0v) is 10.5. The molecule has 104 valence electrons. The van der Waals surface area contributed by atoms with Gasteiger partial charge in [0.15, 0.2) is 0 Å². The fraction of sp³-hybridized carbons (Fsp3) is 0.455. The highest BCUT2D eigenvalue weighted by Crippen LogP contribution is 2.13. The maximum Gasteiger partial charge on any atom is 0.326 e. The van der Waals surface area contributed by atoms with Gasteiger partial charge in [0.25, 0.3) is 11.6 Å². The topological polar surface area (TPSA) is 125 Å². The zero-order chi connectivity index (χ0) is 14.6. The van der Waals surface area contributed by atoms with E-state index in [4.69, 9.17) is 5.11 Å². The van der Waals surface area contributed by atoms with Crippen molar-refractivity contribution in [2.24, 2.45) is 5.92 Å². The number of nitrogens with zero attached hydrogens (tertiary/aromatic N) is 1. The molecular formula is C11H15N3O5. The predicted octanol–water partition coefficient (Wildman–Crippen LogP) is 1.15. The summed E-state index contributed by atoms with van der Waals surface area (Å²) in [6.07, 6.45) is 1.66. The lowest BCUT2D eigenvalue weighted by Gasteiger charge is -2.19. The van der Waals surface area contributed by atoms with Gasteiger partial charge in [-0.05, 0) is 5.92 Å². The van der Waals surface area contributed by atoms with E-state index in [0.29, 0.717) is 6.42 Å². The number of carbonyl (C=O) groups is 2. The van der Waals surface area contributed by atoms with Gasteiger partial charge in [-0.15, -0.1) is 0 Å². The molecule has 8 heteroatoms. The van der Waals surface area contributed by atoms with Gasteiger partial charge in [-0.2, -0.15) is 0 Å². The smallest absolute Gasteiger partial charge is 0.326 e. The van der Waals surface area contributed by atoms with E-state index in [1.165, 1.54) is 0 Å². The third-order valence-corrected chi connectivity index (χ3v) is 2.89. The van der Waals surface area contributed by atoms with Crippen molar-refractivity contribution < 1.29 is 19.6 Å². The van der Waals surface area contributed by atoms with E-state index in [0.717, 1.165) is 12.3 Å². The van der Waals surface area contributed by atoms with Crippen molar-refractivity contribution in [2.75, 3.05) is 0 Å². The number of amides is 1. The van der Waals surface area contributed by atoms with Crippen LogP contribution in [0.1, 0.15) is 30.8 Å². The van der Waals surface area contributed by atoms with Crippen molar-refractivity contribution in [3.8, 4) is 0 Å². The van der Waals surface area contributed by atoms with Gasteiger partial charge < -0.3 is 15.4 Å². The summed E-state index contributed by atoms with van der Waals surface area (Å²) in [6.45, 7) is 3.52. The molecule has 0 radical (unpaired) electrons. The van der Waals surface area contributed by atoms with Crippen molar-refractivity contribution in [2.45, 2.75) is 26.3 Å². The van der Waals surface area contributed by atoms with Crippen molar-refractivity contribution in [1.29, 1.82) is 0 Å². The lowest BCUT2D eigenvalue weighted by Crippen LogP contribution is -2.45. The van der Waals surface area contributed by atoms with Gasteiger partial charge in [-0.3, -0.25) is 14.9 Å². The molecule has 0 spiro atoms. The summed E-state index contributed by atoms with van der Waals surface area (Å²) in [5.41, 5.74) is -0.290. The second-order valence-electron chi connectivity index (χ2n) is 4.20. The first-order chi connectivity index (χ1) is 8.86. The molecule has 0 saturated carbocycles. The first-order valence-corrected chi connectivity index (χ1v) is 5.73. The number of aliphatic carboxylic acids is 1. The van der Waals surface area contributed by atoms with Gasteiger partial charge in [-0.25, -0.2) is 4.79 Å². The number of aromatic amines is 1. The van der Waals surface area contributed by atoms with E-state index in [9.17, 15) is 19.7 Å². The van der Waals surface area contributed by atoms with Gasteiger partial charge >= 0.3 is 5.97 Å². The van der Waals surface area contributed by atoms with Gasteiger partial charge in [0.1, 0.15) is 11.7 Å². The Morgan fingerprint density at radius 1 is 1.58 bits per heavy atom. The van der Waals surface area contributed by atoms with Crippen LogP contribution in [0, 0.1) is 16.0 Å². The Kier molecular flexibility index (Phi) is 4.62. The zero-order valence-electron chi connectivity index (χ0n) is 10.5. The van der Waals surface area contributed by atoms with Crippen LogP contribution in [0.5, 0.6) is 0 Å². The standard InChI is InChI=1S/C11H15N3O5/c1-3-6(2)9(11(16)17)13-10(15)8-4-7(5-12-8)14(18)19/h4-6,9,12H,3H2,1-2H3,(H,13,15)(H,16,17). The van der Waals surface area contributed by atoms with Crippen molar-refractivity contribution >= 4 is 17.6 Å². The highest BCUT2D eigenvalue weighted by molar-refractivity contribution is 5.95. The Morgan fingerprint density at radius 2 is 2.21 bits per heavy atom. The number of carboxylic acid groups (broad SMARTS) is 1. The van der Waals surface area contributed by atoms with Crippen LogP contribution in [0.4, 0.5) is 5.69 Å². The molecule has 2 atom stereocenters. The van der Waals surface area contributed by atoms with E-state index in [1.807, 2.05) is 6.92 Å². The number of hydrogen-bond donors (Lipinski definition) is 3. The van der Waals surface area contributed by atoms with Crippen LogP contribution in [-0.4, -0.2) is 32.9 Å². The van der Waals surface area contributed by atoms with Crippen LogP contribution in [0.3, 0.4) is 0 Å². The van der Waals surface area contributed by atoms with Crippen LogP contribution in [0.15, 0.2) is 12.3 Å². The fourth-order valence-corrected chi connectivity index (χ4v) is 1.52.